The summed E-state index contributed by atoms with van der Waals surface area (Å²) in [6, 6.07) is 22.6. The van der Waals surface area contributed by atoms with Crippen molar-refractivity contribution in [3.8, 4) is 17.2 Å². The first-order valence-corrected chi connectivity index (χ1v) is 9.19. The summed E-state index contributed by atoms with van der Waals surface area (Å²) in [6.07, 6.45) is 0.0350. The first-order chi connectivity index (χ1) is 13.5. The van der Waals surface area contributed by atoms with Crippen LogP contribution in [-0.2, 0) is 0 Å². The van der Waals surface area contributed by atoms with Gasteiger partial charge in [-0.2, -0.15) is 5.26 Å². The molecule has 0 saturated carbocycles. The summed E-state index contributed by atoms with van der Waals surface area (Å²) in [5.74, 6) is 0. The van der Waals surface area contributed by atoms with Crippen LogP contribution >= 0.6 is 0 Å². The van der Waals surface area contributed by atoms with Gasteiger partial charge in [0.25, 0.3) is 0 Å². The van der Waals surface area contributed by atoms with Gasteiger partial charge in [-0.3, -0.25) is 0 Å². The topological polar surface area (TPSA) is 34.6 Å². The predicted octanol–water partition coefficient (Wildman–Crippen LogP) is 6.02. The number of fused-ring (bicyclic) bond motifs is 1. The summed E-state index contributed by atoms with van der Waals surface area (Å²) >= 11 is 0. The Labute approximate surface area is 165 Å². The minimum atomic E-state index is 0.0350. The van der Waals surface area contributed by atoms with Crippen molar-refractivity contribution in [2.45, 2.75) is 20.0 Å². The molecule has 0 aliphatic carbocycles. The number of benzene rings is 3. The molecule has 1 aliphatic rings. The molecule has 0 unspecified atom stereocenters. The lowest BCUT2D eigenvalue weighted by Gasteiger charge is -2.29. The second kappa shape index (κ2) is 6.76. The third-order valence-electron chi connectivity index (χ3n) is 5.45. The van der Waals surface area contributed by atoms with E-state index in [4.69, 9.17) is 6.57 Å². The number of nitrogens with zero attached hydrogens (tertiary/aromatic N) is 4. The normalized spacial score (nSPS) is 15.1. The van der Waals surface area contributed by atoms with Crippen molar-refractivity contribution in [3.05, 3.63) is 83.2 Å². The van der Waals surface area contributed by atoms with Crippen LogP contribution in [0.4, 0.5) is 22.7 Å². The molecule has 1 aliphatic heterocycles. The van der Waals surface area contributed by atoms with Gasteiger partial charge in [0, 0.05) is 12.7 Å². The Kier molecular flexibility index (Phi) is 4.26. The van der Waals surface area contributed by atoms with Gasteiger partial charge < -0.3 is 9.80 Å². The first kappa shape index (κ1) is 17.6. The lowest BCUT2D eigenvalue weighted by atomic mass is 10.0. The lowest BCUT2D eigenvalue weighted by molar-refractivity contribution is 0.732. The second-order valence-electron chi connectivity index (χ2n) is 7.06. The maximum atomic E-state index is 9.63. The van der Waals surface area contributed by atoms with Gasteiger partial charge in [-0.1, -0.05) is 42.5 Å². The van der Waals surface area contributed by atoms with Gasteiger partial charge in [-0.25, -0.2) is 4.85 Å². The highest BCUT2D eigenvalue weighted by Gasteiger charge is 2.34. The van der Waals surface area contributed by atoms with E-state index in [1.54, 1.807) is 6.07 Å². The Balaban J connectivity index is 1.92. The summed E-state index contributed by atoms with van der Waals surface area (Å²) in [4.78, 5) is 7.91. The summed E-state index contributed by atoms with van der Waals surface area (Å²) in [5, 5.41) is 9.63. The van der Waals surface area contributed by atoms with E-state index in [-0.39, 0.29) is 6.17 Å². The van der Waals surface area contributed by atoms with E-state index in [0.29, 0.717) is 11.3 Å². The molecule has 1 atom stereocenters. The molecule has 4 heteroatoms. The van der Waals surface area contributed by atoms with Gasteiger partial charge in [0.2, 0.25) is 0 Å². The molecule has 0 fully saturated rings. The average Bonchev–Trinajstić information content (AvgIpc) is 2.98. The number of hydrogen-bond acceptors (Lipinski definition) is 3. The number of rotatable bonds is 2. The van der Waals surface area contributed by atoms with Crippen LogP contribution in [0.2, 0.25) is 0 Å². The van der Waals surface area contributed by atoms with Crippen LogP contribution in [-0.4, -0.2) is 13.2 Å². The number of nitriles is 1. The fraction of sp³-hybridized carbons (Fsp3) is 0.167. The van der Waals surface area contributed by atoms with Crippen molar-refractivity contribution in [1.82, 2.24) is 0 Å². The van der Waals surface area contributed by atoms with E-state index in [0.717, 1.165) is 33.8 Å². The van der Waals surface area contributed by atoms with Crippen molar-refractivity contribution in [3.63, 3.8) is 0 Å². The molecular formula is C24H20N4. The van der Waals surface area contributed by atoms with Gasteiger partial charge >= 0.3 is 0 Å². The Morgan fingerprint density at radius 3 is 2.43 bits per heavy atom. The highest BCUT2D eigenvalue weighted by atomic mass is 15.4. The van der Waals surface area contributed by atoms with Crippen LogP contribution in [0.15, 0.2) is 60.7 Å². The summed E-state index contributed by atoms with van der Waals surface area (Å²) < 4.78 is 0. The maximum Gasteiger partial charge on any atom is 0.190 e. The van der Waals surface area contributed by atoms with Crippen LogP contribution in [0.25, 0.3) is 16.0 Å². The van der Waals surface area contributed by atoms with E-state index in [2.05, 4.69) is 64.9 Å². The zero-order valence-corrected chi connectivity index (χ0v) is 16.1. The maximum absolute atomic E-state index is 9.63. The molecule has 1 heterocycles. The molecular weight excluding hydrogens is 344 g/mol. The number of hydrogen-bond donors (Lipinski definition) is 0. The molecule has 3 aromatic rings. The molecule has 0 amide bonds. The van der Waals surface area contributed by atoms with Crippen LogP contribution in [0, 0.1) is 24.8 Å². The van der Waals surface area contributed by atoms with Gasteiger partial charge in [0.05, 0.1) is 23.5 Å². The smallest absolute Gasteiger partial charge is 0.190 e. The number of anilines is 3. The third kappa shape index (κ3) is 2.68. The quantitative estimate of drug-likeness (QED) is 0.522. The van der Waals surface area contributed by atoms with Gasteiger partial charge in [0.1, 0.15) is 12.2 Å². The molecule has 0 radical (unpaired) electrons. The zero-order valence-electron chi connectivity index (χ0n) is 16.1. The standard InChI is InChI=1S/C24H20N4/c1-16-10-11-19(18-8-6-5-7-9-18)13-22(16)28-17(2)27(4)24-20(15-25)12-21(26-3)14-23(24)28/h5-14,17H,1-2,4H3/t17-/m0/s1. The van der Waals surface area contributed by atoms with Gasteiger partial charge in [-0.05, 0) is 48.7 Å². The number of aryl methyl sites for hydroxylation is 1. The zero-order chi connectivity index (χ0) is 19.8. The average molecular weight is 364 g/mol. The van der Waals surface area contributed by atoms with Crippen LogP contribution in [0.5, 0.6) is 0 Å². The second-order valence-corrected chi connectivity index (χ2v) is 7.06. The van der Waals surface area contributed by atoms with E-state index in [9.17, 15) is 5.26 Å². The SMILES string of the molecule is [C-]#[N+]c1cc(C#N)c2c(c1)N(c1cc(-c3ccccc3)ccc1C)[C@@H](C)N2C. The molecule has 0 N–H and O–H groups in total. The van der Waals surface area contributed by atoms with Crippen LogP contribution in [0.3, 0.4) is 0 Å². The minimum Gasteiger partial charge on any atom is -0.352 e. The fourth-order valence-electron chi connectivity index (χ4n) is 3.88. The highest BCUT2D eigenvalue weighted by molar-refractivity contribution is 5.91. The molecule has 3 aromatic carbocycles. The molecule has 0 bridgehead atoms. The van der Waals surface area contributed by atoms with Crippen molar-refractivity contribution >= 4 is 22.7 Å². The fourth-order valence-corrected chi connectivity index (χ4v) is 3.88. The Morgan fingerprint density at radius 1 is 1.00 bits per heavy atom. The molecule has 0 aromatic heterocycles. The van der Waals surface area contributed by atoms with Gasteiger partial charge in [0.15, 0.2) is 5.69 Å². The molecule has 0 spiro atoms. The molecule has 0 saturated heterocycles. The Bertz CT molecular complexity index is 1140. The summed E-state index contributed by atoms with van der Waals surface area (Å²) in [5.41, 5.74) is 7.37. The highest BCUT2D eigenvalue weighted by Crippen LogP contribution is 2.48. The molecule has 136 valence electrons. The Hall–Kier alpha value is -3.76. The molecule has 4 rings (SSSR count). The van der Waals surface area contributed by atoms with E-state index in [1.165, 1.54) is 0 Å². The van der Waals surface area contributed by atoms with E-state index in [1.807, 2.05) is 31.3 Å². The van der Waals surface area contributed by atoms with E-state index >= 15 is 0 Å². The first-order valence-electron chi connectivity index (χ1n) is 9.19. The largest absolute Gasteiger partial charge is 0.352 e. The summed E-state index contributed by atoms with van der Waals surface area (Å²) in [6.45, 7) is 11.6. The summed E-state index contributed by atoms with van der Waals surface area (Å²) in [7, 11) is 2.00. The van der Waals surface area contributed by atoms with Crippen molar-refractivity contribution in [1.29, 1.82) is 5.26 Å². The predicted molar refractivity (Wildman–Crippen MR) is 114 cm³/mol. The van der Waals surface area contributed by atoms with Crippen molar-refractivity contribution < 1.29 is 0 Å². The Morgan fingerprint density at radius 2 is 1.75 bits per heavy atom. The van der Waals surface area contributed by atoms with E-state index < -0.39 is 0 Å². The van der Waals surface area contributed by atoms with Crippen molar-refractivity contribution in [2.24, 2.45) is 0 Å². The van der Waals surface area contributed by atoms with Crippen LogP contribution in [0.1, 0.15) is 18.1 Å². The third-order valence-corrected chi connectivity index (χ3v) is 5.45. The molecule has 28 heavy (non-hydrogen) atoms. The van der Waals surface area contributed by atoms with Crippen LogP contribution < -0.4 is 9.80 Å². The van der Waals surface area contributed by atoms with Crippen molar-refractivity contribution in [2.75, 3.05) is 16.8 Å². The monoisotopic (exact) mass is 364 g/mol. The van der Waals surface area contributed by atoms with Gasteiger partial charge in [-0.15, -0.1) is 0 Å². The lowest BCUT2D eigenvalue weighted by Crippen LogP contribution is -2.36. The minimum absolute atomic E-state index is 0.0350. The molecule has 4 nitrogen and oxygen atoms in total.